The number of carbonyl (C=O) groups excluding carboxylic acids is 1. The van der Waals surface area contributed by atoms with Gasteiger partial charge in [-0.3, -0.25) is 9.69 Å². The van der Waals surface area contributed by atoms with E-state index >= 15 is 0 Å². The maximum atomic E-state index is 13.0. The summed E-state index contributed by atoms with van der Waals surface area (Å²) in [6, 6.07) is 6.89. The van der Waals surface area contributed by atoms with Gasteiger partial charge >= 0.3 is 0 Å². The van der Waals surface area contributed by atoms with Crippen LogP contribution in [0.3, 0.4) is 0 Å². The minimum atomic E-state index is -0.215. The number of nitrogens with zero attached hydrogens (tertiary/aromatic N) is 2. The first kappa shape index (κ1) is 14.5. The van der Waals surface area contributed by atoms with Crippen LogP contribution in [0, 0.1) is 5.82 Å². The number of morpholine rings is 1. The van der Waals surface area contributed by atoms with E-state index in [1.165, 1.54) is 12.1 Å². The van der Waals surface area contributed by atoms with Crippen LogP contribution < -0.4 is 0 Å². The molecule has 0 radical (unpaired) electrons. The molecule has 0 bridgehead atoms. The molecule has 1 atom stereocenters. The highest BCUT2D eigenvalue weighted by atomic mass is 19.1. The quantitative estimate of drug-likeness (QED) is 0.852. The molecule has 2 saturated heterocycles. The van der Waals surface area contributed by atoms with Crippen molar-refractivity contribution in [1.29, 1.82) is 0 Å². The van der Waals surface area contributed by atoms with Gasteiger partial charge in [0.1, 0.15) is 5.82 Å². The molecule has 2 fully saturated rings. The Morgan fingerprint density at radius 2 is 1.90 bits per heavy atom. The first-order chi connectivity index (χ1) is 10.2. The molecular formula is C16H21FN2O2. The van der Waals surface area contributed by atoms with Crippen molar-refractivity contribution in [2.75, 3.05) is 39.4 Å². The van der Waals surface area contributed by atoms with Crippen molar-refractivity contribution in [3.8, 4) is 0 Å². The van der Waals surface area contributed by atoms with E-state index in [0.29, 0.717) is 32.8 Å². The van der Waals surface area contributed by atoms with Crippen molar-refractivity contribution in [1.82, 2.24) is 9.80 Å². The van der Waals surface area contributed by atoms with Gasteiger partial charge < -0.3 is 9.64 Å². The zero-order valence-electron chi connectivity index (χ0n) is 12.1. The predicted octanol–water partition coefficient (Wildman–Crippen LogP) is 1.82. The topological polar surface area (TPSA) is 32.8 Å². The molecule has 1 aromatic rings. The Morgan fingerprint density at radius 1 is 1.19 bits per heavy atom. The van der Waals surface area contributed by atoms with Crippen molar-refractivity contribution in [3.05, 3.63) is 35.6 Å². The maximum absolute atomic E-state index is 13.0. The number of likely N-dealkylation sites (tertiary alicyclic amines) is 1. The van der Waals surface area contributed by atoms with E-state index in [-0.39, 0.29) is 17.8 Å². The highest BCUT2D eigenvalue weighted by molar-refractivity contribution is 5.78. The summed E-state index contributed by atoms with van der Waals surface area (Å²) >= 11 is 0. The monoisotopic (exact) mass is 292 g/mol. The average molecular weight is 292 g/mol. The summed E-state index contributed by atoms with van der Waals surface area (Å²) in [5.74, 6) is -0.0417. The van der Waals surface area contributed by atoms with E-state index in [4.69, 9.17) is 4.74 Å². The second-order valence-electron chi connectivity index (χ2n) is 5.67. The van der Waals surface area contributed by atoms with Gasteiger partial charge in [-0.05, 0) is 37.1 Å². The van der Waals surface area contributed by atoms with Gasteiger partial charge in [-0.15, -0.1) is 0 Å². The van der Waals surface area contributed by atoms with Crippen LogP contribution in [0.15, 0.2) is 24.3 Å². The van der Waals surface area contributed by atoms with Gasteiger partial charge in [0.2, 0.25) is 5.91 Å². The lowest BCUT2D eigenvalue weighted by Gasteiger charge is -2.30. The van der Waals surface area contributed by atoms with E-state index in [1.54, 1.807) is 0 Å². The first-order valence-electron chi connectivity index (χ1n) is 7.59. The lowest BCUT2D eigenvalue weighted by atomic mass is 10.0. The van der Waals surface area contributed by atoms with Gasteiger partial charge in [0.25, 0.3) is 0 Å². The van der Waals surface area contributed by atoms with Crippen LogP contribution in [-0.2, 0) is 9.53 Å². The second kappa shape index (κ2) is 6.54. The van der Waals surface area contributed by atoms with Gasteiger partial charge in [0.05, 0.1) is 19.8 Å². The number of hydrogen-bond donors (Lipinski definition) is 0. The van der Waals surface area contributed by atoms with E-state index in [1.807, 2.05) is 17.0 Å². The lowest BCUT2D eigenvalue weighted by Crippen LogP contribution is -2.45. The summed E-state index contributed by atoms with van der Waals surface area (Å²) in [5, 5.41) is 0. The lowest BCUT2D eigenvalue weighted by molar-refractivity contribution is -0.136. The molecule has 114 valence electrons. The molecule has 5 heteroatoms. The molecule has 21 heavy (non-hydrogen) atoms. The molecule has 0 N–H and O–H groups in total. The van der Waals surface area contributed by atoms with Crippen molar-refractivity contribution < 1.29 is 13.9 Å². The van der Waals surface area contributed by atoms with E-state index in [0.717, 1.165) is 24.9 Å². The summed E-state index contributed by atoms with van der Waals surface area (Å²) in [5.41, 5.74) is 1.10. The Kier molecular flexibility index (Phi) is 4.51. The minimum absolute atomic E-state index is 0.173. The number of amides is 1. The first-order valence-corrected chi connectivity index (χ1v) is 7.59. The fourth-order valence-corrected chi connectivity index (χ4v) is 3.16. The smallest absolute Gasteiger partial charge is 0.236 e. The molecule has 0 saturated carbocycles. The molecule has 2 aliphatic rings. The fraction of sp³-hybridized carbons (Fsp3) is 0.562. The fourth-order valence-electron chi connectivity index (χ4n) is 3.16. The standard InChI is InChI=1S/C16H21FN2O2/c17-14-5-3-13(4-6-14)15-2-1-7-19(15)12-16(20)18-8-10-21-11-9-18/h3-6,15H,1-2,7-12H2. The van der Waals surface area contributed by atoms with E-state index in [9.17, 15) is 9.18 Å². The van der Waals surface area contributed by atoms with Crippen LogP contribution in [0.25, 0.3) is 0 Å². The minimum Gasteiger partial charge on any atom is -0.378 e. The Morgan fingerprint density at radius 3 is 2.62 bits per heavy atom. The molecule has 2 aliphatic heterocycles. The van der Waals surface area contributed by atoms with Crippen molar-refractivity contribution >= 4 is 5.91 Å². The SMILES string of the molecule is O=C(CN1CCCC1c1ccc(F)cc1)N1CCOCC1. The zero-order valence-corrected chi connectivity index (χ0v) is 12.1. The van der Waals surface area contributed by atoms with E-state index in [2.05, 4.69) is 4.90 Å². The number of hydrogen-bond acceptors (Lipinski definition) is 3. The summed E-state index contributed by atoms with van der Waals surface area (Å²) in [7, 11) is 0. The number of benzene rings is 1. The molecule has 0 aromatic heterocycles. The van der Waals surface area contributed by atoms with Crippen molar-refractivity contribution in [2.45, 2.75) is 18.9 Å². The summed E-state index contributed by atoms with van der Waals surface area (Å²) in [6.45, 7) is 4.02. The summed E-state index contributed by atoms with van der Waals surface area (Å²) in [6.07, 6.45) is 2.11. The molecular weight excluding hydrogens is 271 g/mol. The highest BCUT2D eigenvalue weighted by Gasteiger charge is 2.29. The number of ether oxygens (including phenoxy) is 1. The Balaban J connectivity index is 1.63. The average Bonchev–Trinajstić information content (AvgIpc) is 2.97. The van der Waals surface area contributed by atoms with Crippen LogP contribution in [0.2, 0.25) is 0 Å². The normalized spacial score (nSPS) is 23.5. The molecule has 0 aliphatic carbocycles. The Bertz CT molecular complexity index is 486. The van der Waals surface area contributed by atoms with Crippen molar-refractivity contribution in [3.63, 3.8) is 0 Å². The Hall–Kier alpha value is -1.46. The number of carbonyl (C=O) groups is 1. The van der Waals surface area contributed by atoms with E-state index < -0.39 is 0 Å². The third-order valence-electron chi connectivity index (χ3n) is 4.32. The maximum Gasteiger partial charge on any atom is 0.236 e. The highest BCUT2D eigenvalue weighted by Crippen LogP contribution is 2.31. The van der Waals surface area contributed by atoms with Crippen LogP contribution >= 0.6 is 0 Å². The van der Waals surface area contributed by atoms with Gasteiger partial charge in [0.15, 0.2) is 0 Å². The predicted molar refractivity (Wildman–Crippen MR) is 77.3 cm³/mol. The molecule has 1 amide bonds. The number of halogens is 1. The van der Waals surface area contributed by atoms with Gasteiger partial charge in [-0.2, -0.15) is 0 Å². The van der Waals surface area contributed by atoms with Crippen LogP contribution in [0.5, 0.6) is 0 Å². The van der Waals surface area contributed by atoms with Crippen LogP contribution in [0.1, 0.15) is 24.4 Å². The molecule has 2 heterocycles. The third-order valence-corrected chi connectivity index (χ3v) is 4.32. The molecule has 1 aromatic carbocycles. The third kappa shape index (κ3) is 3.41. The Labute approximate surface area is 124 Å². The van der Waals surface area contributed by atoms with Crippen LogP contribution in [0.4, 0.5) is 4.39 Å². The van der Waals surface area contributed by atoms with Gasteiger partial charge in [0, 0.05) is 19.1 Å². The largest absolute Gasteiger partial charge is 0.378 e. The summed E-state index contributed by atoms with van der Waals surface area (Å²) in [4.78, 5) is 16.4. The van der Waals surface area contributed by atoms with Gasteiger partial charge in [-0.1, -0.05) is 12.1 Å². The number of rotatable bonds is 3. The van der Waals surface area contributed by atoms with Gasteiger partial charge in [-0.25, -0.2) is 4.39 Å². The zero-order chi connectivity index (χ0) is 14.7. The summed E-state index contributed by atoms with van der Waals surface area (Å²) < 4.78 is 18.3. The molecule has 1 unspecified atom stereocenters. The molecule has 3 rings (SSSR count). The molecule has 4 nitrogen and oxygen atoms in total. The molecule has 0 spiro atoms. The second-order valence-corrected chi connectivity index (χ2v) is 5.67. The van der Waals surface area contributed by atoms with Crippen molar-refractivity contribution in [2.24, 2.45) is 0 Å². The van der Waals surface area contributed by atoms with Crippen LogP contribution in [-0.4, -0.2) is 55.1 Å².